The lowest BCUT2D eigenvalue weighted by Gasteiger charge is -1.99. The van der Waals surface area contributed by atoms with Crippen molar-refractivity contribution in [3.05, 3.63) is 12.2 Å². The van der Waals surface area contributed by atoms with E-state index in [4.69, 9.17) is 0 Å². The average Bonchev–Trinajstić information content (AvgIpc) is 2.10. The van der Waals surface area contributed by atoms with E-state index >= 15 is 0 Å². The Morgan fingerprint density at radius 2 is 1.83 bits per heavy atom. The van der Waals surface area contributed by atoms with Gasteiger partial charge in [-0.05, 0) is 19.4 Å². The average molecular weight is 169 g/mol. The summed E-state index contributed by atoms with van der Waals surface area (Å²) >= 11 is 0. The van der Waals surface area contributed by atoms with Crippen molar-refractivity contribution in [2.75, 3.05) is 13.1 Å². The Bertz CT molecular complexity index is 97.2. The van der Waals surface area contributed by atoms with Gasteiger partial charge in [0.05, 0.1) is 0 Å². The van der Waals surface area contributed by atoms with E-state index in [1.165, 1.54) is 38.6 Å². The summed E-state index contributed by atoms with van der Waals surface area (Å²) in [5, 5.41) is 3.39. The van der Waals surface area contributed by atoms with Crippen LogP contribution in [0.3, 0.4) is 0 Å². The summed E-state index contributed by atoms with van der Waals surface area (Å²) in [5.74, 6) is 0. The molecule has 72 valence electrons. The van der Waals surface area contributed by atoms with Crippen molar-refractivity contribution in [2.45, 2.75) is 46.0 Å². The van der Waals surface area contributed by atoms with Crippen LogP contribution in [0.4, 0.5) is 0 Å². The minimum Gasteiger partial charge on any atom is -0.313 e. The number of hydrogen-bond donors (Lipinski definition) is 1. The van der Waals surface area contributed by atoms with Gasteiger partial charge in [-0.25, -0.2) is 0 Å². The van der Waals surface area contributed by atoms with E-state index in [-0.39, 0.29) is 0 Å². The van der Waals surface area contributed by atoms with E-state index in [1.807, 2.05) is 0 Å². The van der Waals surface area contributed by atoms with E-state index < -0.39 is 0 Å². The minimum atomic E-state index is 1.05. The molecule has 12 heavy (non-hydrogen) atoms. The van der Waals surface area contributed by atoms with Gasteiger partial charge in [-0.1, -0.05) is 45.3 Å². The lowest BCUT2D eigenvalue weighted by molar-refractivity contribution is 0.646. The monoisotopic (exact) mass is 169 g/mol. The molecule has 0 radical (unpaired) electrons. The van der Waals surface area contributed by atoms with E-state index in [2.05, 4.69) is 31.3 Å². The van der Waals surface area contributed by atoms with Gasteiger partial charge >= 0.3 is 0 Å². The quantitative estimate of drug-likeness (QED) is 0.435. The van der Waals surface area contributed by atoms with Gasteiger partial charge in [-0.15, -0.1) is 0 Å². The molecule has 0 fully saturated rings. The number of rotatable bonds is 8. The molecular formula is C11H23N. The van der Waals surface area contributed by atoms with Crippen molar-refractivity contribution < 1.29 is 0 Å². The number of nitrogens with one attached hydrogen (secondary N) is 1. The molecule has 0 saturated carbocycles. The lowest BCUT2D eigenvalue weighted by Crippen LogP contribution is -2.14. The fraction of sp³-hybridized carbons (Fsp3) is 0.818. The molecule has 1 N–H and O–H groups in total. The molecule has 0 rings (SSSR count). The van der Waals surface area contributed by atoms with E-state index in [0.29, 0.717) is 0 Å². The first-order chi connectivity index (χ1) is 5.91. The second kappa shape index (κ2) is 10.7. The third-order valence-electron chi connectivity index (χ3n) is 1.84. The summed E-state index contributed by atoms with van der Waals surface area (Å²) < 4.78 is 0. The number of hydrogen-bond acceptors (Lipinski definition) is 1. The largest absolute Gasteiger partial charge is 0.313 e. The van der Waals surface area contributed by atoms with Crippen LogP contribution in [0.15, 0.2) is 12.2 Å². The van der Waals surface area contributed by atoms with Crippen LogP contribution in [0.2, 0.25) is 0 Å². The Morgan fingerprint density at radius 1 is 1.00 bits per heavy atom. The van der Waals surface area contributed by atoms with Crippen LogP contribution in [-0.2, 0) is 0 Å². The third kappa shape index (κ3) is 9.70. The zero-order chi connectivity index (χ0) is 9.07. The summed E-state index contributed by atoms with van der Waals surface area (Å²) in [6, 6.07) is 0. The highest BCUT2D eigenvalue weighted by molar-refractivity contribution is 4.82. The van der Waals surface area contributed by atoms with E-state index in [9.17, 15) is 0 Å². The van der Waals surface area contributed by atoms with Crippen LogP contribution in [0, 0.1) is 0 Å². The summed E-state index contributed by atoms with van der Waals surface area (Å²) in [7, 11) is 0. The molecule has 0 amide bonds. The summed E-state index contributed by atoms with van der Waals surface area (Å²) in [6.45, 7) is 6.66. The maximum Gasteiger partial charge on any atom is 0.0134 e. The third-order valence-corrected chi connectivity index (χ3v) is 1.84. The van der Waals surface area contributed by atoms with Crippen molar-refractivity contribution in [3.63, 3.8) is 0 Å². The van der Waals surface area contributed by atoms with Gasteiger partial charge in [0.25, 0.3) is 0 Å². The van der Waals surface area contributed by atoms with Crippen LogP contribution < -0.4 is 5.32 Å². The van der Waals surface area contributed by atoms with Gasteiger partial charge in [-0.3, -0.25) is 0 Å². The van der Waals surface area contributed by atoms with Gasteiger partial charge < -0.3 is 5.32 Å². The van der Waals surface area contributed by atoms with E-state index in [1.54, 1.807) is 0 Å². The summed E-state index contributed by atoms with van der Waals surface area (Å²) in [5.41, 5.74) is 0. The molecular weight excluding hydrogens is 146 g/mol. The molecule has 0 spiro atoms. The van der Waals surface area contributed by atoms with Gasteiger partial charge in [0.15, 0.2) is 0 Å². The summed E-state index contributed by atoms with van der Waals surface area (Å²) in [4.78, 5) is 0. The predicted molar refractivity (Wildman–Crippen MR) is 56.4 cm³/mol. The first-order valence-corrected chi connectivity index (χ1v) is 5.27. The standard InChI is InChI=1S/C11H23N/c1-3-5-7-9-11-12-10-8-6-4-2/h7,9,12H,3-6,8,10-11H2,1-2H3/b9-7-. The van der Waals surface area contributed by atoms with Crippen LogP contribution in [0.25, 0.3) is 0 Å². The number of allylic oxidation sites excluding steroid dienone is 1. The Morgan fingerprint density at radius 3 is 2.50 bits per heavy atom. The maximum absolute atomic E-state index is 3.39. The molecule has 0 aliphatic heterocycles. The molecule has 0 aromatic rings. The maximum atomic E-state index is 3.39. The molecule has 0 saturated heterocycles. The van der Waals surface area contributed by atoms with Crippen LogP contribution >= 0.6 is 0 Å². The Labute approximate surface area is 77.2 Å². The Kier molecular flexibility index (Phi) is 10.4. The second-order valence-electron chi connectivity index (χ2n) is 3.17. The smallest absolute Gasteiger partial charge is 0.0134 e. The molecule has 0 aliphatic carbocycles. The first-order valence-electron chi connectivity index (χ1n) is 5.27. The highest BCUT2D eigenvalue weighted by Gasteiger charge is 1.83. The SMILES string of the molecule is CCC/C=C\CNCCCCC. The molecule has 0 aliphatic rings. The minimum absolute atomic E-state index is 1.05. The van der Waals surface area contributed by atoms with Gasteiger partial charge in [-0.2, -0.15) is 0 Å². The molecule has 0 aromatic carbocycles. The molecule has 0 unspecified atom stereocenters. The molecule has 0 heterocycles. The van der Waals surface area contributed by atoms with Gasteiger partial charge in [0.1, 0.15) is 0 Å². The van der Waals surface area contributed by atoms with Gasteiger partial charge in [0, 0.05) is 6.54 Å². The molecule has 1 nitrogen and oxygen atoms in total. The first kappa shape index (κ1) is 11.7. The molecule has 0 aromatic heterocycles. The number of unbranched alkanes of at least 4 members (excludes halogenated alkanes) is 3. The van der Waals surface area contributed by atoms with Crippen LogP contribution in [0.1, 0.15) is 46.0 Å². The van der Waals surface area contributed by atoms with Crippen molar-refractivity contribution in [2.24, 2.45) is 0 Å². The second-order valence-corrected chi connectivity index (χ2v) is 3.17. The molecule has 0 atom stereocenters. The van der Waals surface area contributed by atoms with Crippen LogP contribution in [0.5, 0.6) is 0 Å². The molecule has 0 bridgehead atoms. The Balaban J connectivity index is 2.90. The highest BCUT2D eigenvalue weighted by atomic mass is 14.8. The van der Waals surface area contributed by atoms with Crippen molar-refractivity contribution in [3.8, 4) is 0 Å². The highest BCUT2D eigenvalue weighted by Crippen LogP contribution is 1.91. The fourth-order valence-electron chi connectivity index (χ4n) is 1.05. The normalized spacial score (nSPS) is 11.2. The van der Waals surface area contributed by atoms with Crippen molar-refractivity contribution in [1.82, 2.24) is 5.32 Å². The van der Waals surface area contributed by atoms with Crippen molar-refractivity contribution in [1.29, 1.82) is 0 Å². The predicted octanol–water partition coefficient (Wildman–Crippen LogP) is 3.12. The molecule has 1 heteroatoms. The topological polar surface area (TPSA) is 12.0 Å². The van der Waals surface area contributed by atoms with Crippen LogP contribution in [-0.4, -0.2) is 13.1 Å². The van der Waals surface area contributed by atoms with Gasteiger partial charge in [0.2, 0.25) is 0 Å². The Hall–Kier alpha value is -0.300. The van der Waals surface area contributed by atoms with Crippen molar-refractivity contribution >= 4 is 0 Å². The lowest BCUT2D eigenvalue weighted by atomic mass is 10.2. The zero-order valence-corrected chi connectivity index (χ0v) is 8.60. The van der Waals surface area contributed by atoms with E-state index in [0.717, 1.165) is 6.54 Å². The fourth-order valence-corrected chi connectivity index (χ4v) is 1.05. The summed E-state index contributed by atoms with van der Waals surface area (Å²) in [6.07, 6.45) is 10.9. The zero-order valence-electron chi connectivity index (χ0n) is 8.60.